The molecule has 0 amide bonds. The van der Waals surface area contributed by atoms with Crippen LogP contribution in [0, 0.1) is 10.8 Å². The third kappa shape index (κ3) is 13.9. The highest BCUT2D eigenvalue weighted by Gasteiger charge is 2.24. The van der Waals surface area contributed by atoms with Crippen molar-refractivity contribution in [2.75, 3.05) is 0 Å². The first-order valence-electron chi connectivity index (χ1n) is 15.3. The molecule has 0 aliphatic rings. The van der Waals surface area contributed by atoms with Crippen LogP contribution in [0.4, 0.5) is 0 Å². The molecule has 0 aromatic carbocycles. The molecule has 3 heteroatoms. The maximum atomic E-state index is 4.55. The summed E-state index contributed by atoms with van der Waals surface area (Å²) in [5, 5.41) is 9.02. The van der Waals surface area contributed by atoms with Gasteiger partial charge in [-0.05, 0) is 55.8 Å². The molecular weight excluding hydrogens is 414 g/mol. The van der Waals surface area contributed by atoms with Crippen LogP contribution in [0.1, 0.15) is 169 Å². The Balaban J connectivity index is 2.44. The third-order valence-corrected chi connectivity index (χ3v) is 8.49. The number of rotatable bonds is 23. The highest BCUT2D eigenvalue weighted by atomic mass is 15.4. The van der Waals surface area contributed by atoms with E-state index in [0.717, 1.165) is 13.0 Å². The Morgan fingerprint density at radius 3 is 1.68 bits per heavy atom. The zero-order valence-corrected chi connectivity index (χ0v) is 24.3. The quantitative estimate of drug-likeness (QED) is 0.147. The standard InChI is InChI=1S/C31H61N3/c1-7-11-14-17-24-31(6,25-18-15-12-8-2)26-21-29-28-34(33-32-29)27-20-19-23-30(5,10-4)22-16-13-9-3/h28H,7-27H2,1-6H3. The van der Waals surface area contributed by atoms with Crippen LogP contribution in [0.15, 0.2) is 6.20 Å². The molecule has 0 aliphatic heterocycles. The van der Waals surface area contributed by atoms with Gasteiger partial charge >= 0.3 is 0 Å². The maximum absolute atomic E-state index is 4.55. The Kier molecular flexibility index (Phi) is 16.9. The summed E-state index contributed by atoms with van der Waals surface area (Å²) in [6.45, 7) is 15.4. The van der Waals surface area contributed by atoms with Gasteiger partial charge in [0.15, 0.2) is 0 Å². The molecule has 1 aromatic heterocycles. The van der Waals surface area contributed by atoms with Crippen molar-refractivity contribution in [1.29, 1.82) is 0 Å². The predicted octanol–water partition coefficient (Wildman–Crippen LogP) is 10.3. The largest absolute Gasteiger partial charge is 0.252 e. The van der Waals surface area contributed by atoms with E-state index in [1.54, 1.807) is 0 Å². The van der Waals surface area contributed by atoms with Crippen LogP contribution in [0.3, 0.4) is 0 Å². The van der Waals surface area contributed by atoms with Crippen molar-refractivity contribution in [3.8, 4) is 0 Å². The molecule has 0 fully saturated rings. The Morgan fingerprint density at radius 1 is 0.618 bits per heavy atom. The summed E-state index contributed by atoms with van der Waals surface area (Å²) in [6.07, 6.45) is 29.0. The van der Waals surface area contributed by atoms with Crippen molar-refractivity contribution < 1.29 is 0 Å². The first-order chi connectivity index (χ1) is 16.4. The van der Waals surface area contributed by atoms with Gasteiger partial charge in [0, 0.05) is 12.7 Å². The summed E-state index contributed by atoms with van der Waals surface area (Å²) >= 11 is 0. The molecule has 0 saturated carbocycles. The normalized spacial score (nSPS) is 13.9. The van der Waals surface area contributed by atoms with Crippen molar-refractivity contribution in [2.24, 2.45) is 10.8 Å². The maximum Gasteiger partial charge on any atom is 0.0827 e. The Labute approximate surface area is 214 Å². The molecule has 3 nitrogen and oxygen atoms in total. The molecule has 0 bridgehead atoms. The fourth-order valence-electron chi connectivity index (χ4n) is 5.43. The van der Waals surface area contributed by atoms with Crippen molar-refractivity contribution >= 4 is 0 Å². The number of aryl methyl sites for hydroxylation is 2. The average Bonchev–Trinajstić information content (AvgIpc) is 3.29. The molecule has 1 atom stereocenters. The Morgan fingerprint density at radius 2 is 1.12 bits per heavy atom. The lowest BCUT2D eigenvalue weighted by Gasteiger charge is -2.30. The number of unbranched alkanes of at least 4 members (excludes halogenated alkanes) is 9. The number of aromatic nitrogens is 3. The molecule has 1 rings (SSSR count). The summed E-state index contributed by atoms with van der Waals surface area (Å²) in [6, 6.07) is 0. The summed E-state index contributed by atoms with van der Waals surface area (Å²) < 4.78 is 2.11. The van der Waals surface area contributed by atoms with E-state index in [4.69, 9.17) is 0 Å². The van der Waals surface area contributed by atoms with Crippen LogP contribution >= 0.6 is 0 Å². The Hall–Kier alpha value is -0.860. The molecule has 0 N–H and O–H groups in total. The van der Waals surface area contributed by atoms with Crippen LogP contribution in [0.25, 0.3) is 0 Å². The molecule has 1 heterocycles. The van der Waals surface area contributed by atoms with Gasteiger partial charge in [-0.25, -0.2) is 0 Å². The van der Waals surface area contributed by atoms with Gasteiger partial charge in [0.2, 0.25) is 0 Å². The molecule has 0 aliphatic carbocycles. The lowest BCUT2D eigenvalue weighted by molar-refractivity contribution is 0.230. The molecule has 1 unspecified atom stereocenters. The van der Waals surface area contributed by atoms with Gasteiger partial charge in [-0.2, -0.15) is 0 Å². The van der Waals surface area contributed by atoms with Gasteiger partial charge in [0.1, 0.15) is 0 Å². The fraction of sp³-hybridized carbons (Fsp3) is 0.935. The minimum Gasteiger partial charge on any atom is -0.252 e. The van der Waals surface area contributed by atoms with Crippen molar-refractivity contribution in [2.45, 2.75) is 177 Å². The molecule has 200 valence electrons. The summed E-state index contributed by atoms with van der Waals surface area (Å²) in [5.41, 5.74) is 2.20. The van der Waals surface area contributed by atoms with E-state index in [1.165, 1.54) is 128 Å². The molecule has 0 saturated heterocycles. The number of hydrogen-bond acceptors (Lipinski definition) is 2. The predicted molar refractivity (Wildman–Crippen MR) is 150 cm³/mol. The number of hydrogen-bond donors (Lipinski definition) is 0. The number of nitrogens with zero attached hydrogens (tertiary/aromatic N) is 3. The van der Waals surface area contributed by atoms with Crippen molar-refractivity contribution in [3.63, 3.8) is 0 Å². The minimum absolute atomic E-state index is 0.466. The fourth-order valence-corrected chi connectivity index (χ4v) is 5.43. The highest BCUT2D eigenvalue weighted by Crippen LogP contribution is 2.36. The van der Waals surface area contributed by atoms with E-state index in [1.807, 2.05) is 0 Å². The van der Waals surface area contributed by atoms with Crippen LogP contribution in [-0.4, -0.2) is 15.0 Å². The van der Waals surface area contributed by atoms with E-state index in [-0.39, 0.29) is 0 Å². The minimum atomic E-state index is 0.466. The zero-order valence-electron chi connectivity index (χ0n) is 24.3. The van der Waals surface area contributed by atoms with Gasteiger partial charge in [-0.3, -0.25) is 4.68 Å². The van der Waals surface area contributed by atoms with Gasteiger partial charge < -0.3 is 0 Å². The van der Waals surface area contributed by atoms with Gasteiger partial charge in [0.25, 0.3) is 0 Å². The van der Waals surface area contributed by atoms with Gasteiger partial charge in [-0.15, -0.1) is 5.10 Å². The van der Waals surface area contributed by atoms with E-state index in [9.17, 15) is 0 Å². The lowest BCUT2D eigenvalue weighted by Crippen LogP contribution is -2.18. The van der Waals surface area contributed by atoms with Crippen LogP contribution in [0.2, 0.25) is 0 Å². The average molecular weight is 476 g/mol. The van der Waals surface area contributed by atoms with Crippen LogP contribution in [0.5, 0.6) is 0 Å². The summed E-state index contributed by atoms with van der Waals surface area (Å²) in [4.78, 5) is 0. The van der Waals surface area contributed by atoms with Crippen LogP contribution < -0.4 is 0 Å². The highest BCUT2D eigenvalue weighted by molar-refractivity contribution is 4.94. The molecule has 1 aromatic rings. The zero-order chi connectivity index (χ0) is 25.1. The van der Waals surface area contributed by atoms with E-state index in [0.29, 0.717) is 10.8 Å². The van der Waals surface area contributed by atoms with Crippen LogP contribution in [-0.2, 0) is 13.0 Å². The first kappa shape index (κ1) is 31.2. The molecular formula is C31H61N3. The van der Waals surface area contributed by atoms with E-state index < -0.39 is 0 Å². The third-order valence-electron chi connectivity index (χ3n) is 8.49. The summed E-state index contributed by atoms with van der Waals surface area (Å²) in [5.74, 6) is 0. The Bertz CT molecular complexity index is 581. The molecule has 34 heavy (non-hydrogen) atoms. The SMILES string of the molecule is CCCCCCC(C)(CCCCCC)CCc1cn(CCCCC(C)(CC)CCCCC)nn1. The van der Waals surface area contributed by atoms with E-state index in [2.05, 4.69) is 62.7 Å². The second kappa shape index (κ2) is 18.4. The lowest BCUT2D eigenvalue weighted by atomic mass is 9.76. The second-order valence-electron chi connectivity index (χ2n) is 12.0. The van der Waals surface area contributed by atoms with E-state index >= 15 is 0 Å². The van der Waals surface area contributed by atoms with Gasteiger partial charge in [-0.1, -0.05) is 130 Å². The summed E-state index contributed by atoms with van der Waals surface area (Å²) in [7, 11) is 0. The topological polar surface area (TPSA) is 30.7 Å². The monoisotopic (exact) mass is 475 g/mol. The molecule has 0 spiro atoms. The van der Waals surface area contributed by atoms with Crippen molar-refractivity contribution in [1.82, 2.24) is 15.0 Å². The van der Waals surface area contributed by atoms with Gasteiger partial charge in [0.05, 0.1) is 5.69 Å². The second-order valence-corrected chi connectivity index (χ2v) is 12.0. The van der Waals surface area contributed by atoms with Crippen molar-refractivity contribution in [3.05, 3.63) is 11.9 Å². The smallest absolute Gasteiger partial charge is 0.0827 e. The first-order valence-corrected chi connectivity index (χ1v) is 15.3. The molecule has 0 radical (unpaired) electrons.